The van der Waals surface area contributed by atoms with E-state index in [2.05, 4.69) is 52.4 Å². The summed E-state index contributed by atoms with van der Waals surface area (Å²) in [5, 5.41) is 6.64. The topological polar surface area (TPSA) is 62.7 Å². The molecule has 0 aliphatic rings. The molecule has 0 saturated heterocycles. The standard InChI is InChI=1S/C15H21N5/c1-4-12-14(16-5-2)19-10-20-15(12)18-9-13-11(3)7-6-8-17-13/h6-8,10H,4-5,9H2,1-3H3,(H2,16,18,19,20). The maximum Gasteiger partial charge on any atom is 0.135 e. The Hall–Kier alpha value is -2.17. The minimum absolute atomic E-state index is 0.669. The zero-order chi connectivity index (χ0) is 14.4. The molecule has 0 amide bonds. The zero-order valence-corrected chi connectivity index (χ0v) is 12.3. The highest BCUT2D eigenvalue weighted by Gasteiger charge is 2.09. The van der Waals surface area contributed by atoms with Crippen LogP contribution in [-0.2, 0) is 13.0 Å². The van der Waals surface area contributed by atoms with Crippen molar-refractivity contribution in [2.45, 2.75) is 33.7 Å². The van der Waals surface area contributed by atoms with Crippen molar-refractivity contribution in [3.8, 4) is 0 Å². The second-order valence-corrected chi connectivity index (χ2v) is 4.55. The SMILES string of the molecule is CCNc1ncnc(NCc2ncccc2C)c1CC. The molecule has 5 nitrogen and oxygen atoms in total. The summed E-state index contributed by atoms with van der Waals surface area (Å²) < 4.78 is 0. The van der Waals surface area contributed by atoms with Crippen LogP contribution in [-0.4, -0.2) is 21.5 Å². The maximum atomic E-state index is 4.39. The van der Waals surface area contributed by atoms with Crippen molar-refractivity contribution in [1.82, 2.24) is 15.0 Å². The van der Waals surface area contributed by atoms with Crippen molar-refractivity contribution in [1.29, 1.82) is 0 Å². The lowest BCUT2D eigenvalue weighted by Gasteiger charge is -2.14. The van der Waals surface area contributed by atoms with Crippen LogP contribution in [0.2, 0.25) is 0 Å². The second kappa shape index (κ2) is 6.84. The molecule has 5 heteroatoms. The summed E-state index contributed by atoms with van der Waals surface area (Å²) in [6.45, 7) is 7.75. The normalized spacial score (nSPS) is 10.3. The summed E-state index contributed by atoms with van der Waals surface area (Å²) in [4.78, 5) is 13.0. The van der Waals surface area contributed by atoms with Crippen molar-refractivity contribution in [2.75, 3.05) is 17.2 Å². The molecule has 0 unspecified atom stereocenters. The van der Waals surface area contributed by atoms with Crippen molar-refractivity contribution < 1.29 is 0 Å². The number of hydrogen-bond acceptors (Lipinski definition) is 5. The number of aromatic nitrogens is 3. The van der Waals surface area contributed by atoms with Gasteiger partial charge >= 0.3 is 0 Å². The minimum atomic E-state index is 0.669. The average molecular weight is 271 g/mol. The van der Waals surface area contributed by atoms with Gasteiger partial charge in [-0.15, -0.1) is 0 Å². The van der Waals surface area contributed by atoms with Crippen molar-refractivity contribution >= 4 is 11.6 Å². The Balaban J connectivity index is 2.17. The molecule has 20 heavy (non-hydrogen) atoms. The predicted octanol–water partition coefficient (Wildman–Crippen LogP) is 2.79. The van der Waals surface area contributed by atoms with E-state index >= 15 is 0 Å². The van der Waals surface area contributed by atoms with E-state index in [-0.39, 0.29) is 0 Å². The van der Waals surface area contributed by atoms with Gasteiger partial charge < -0.3 is 10.6 Å². The van der Waals surface area contributed by atoms with Crippen molar-refractivity contribution in [2.24, 2.45) is 0 Å². The highest BCUT2D eigenvalue weighted by Crippen LogP contribution is 2.20. The molecule has 0 saturated carbocycles. The van der Waals surface area contributed by atoms with Gasteiger partial charge in [-0.05, 0) is 31.9 Å². The summed E-state index contributed by atoms with van der Waals surface area (Å²) >= 11 is 0. The van der Waals surface area contributed by atoms with Gasteiger partial charge in [-0.1, -0.05) is 13.0 Å². The van der Waals surface area contributed by atoms with Crippen LogP contribution < -0.4 is 10.6 Å². The third kappa shape index (κ3) is 3.23. The summed E-state index contributed by atoms with van der Waals surface area (Å²) in [5.74, 6) is 1.79. The van der Waals surface area contributed by atoms with Crippen LogP contribution in [0, 0.1) is 6.92 Å². The summed E-state index contributed by atoms with van der Waals surface area (Å²) in [5.41, 5.74) is 3.33. The molecular weight excluding hydrogens is 250 g/mol. The Morgan fingerprint density at radius 1 is 1.05 bits per heavy atom. The molecule has 2 rings (SSSR count). The lowest BCUT2D eigenvalue weighted by molar-refractivity contribution is 0.969. The molecule has 2 N–H and O–H groups in total. The Labute approximate surface area is 119 Å². The van der Waals surface area contributed by atoms with E-state index in [1.807, 2.05) is 12.3 Å². The van der Waals surface area contributed by atoms with Crippen LogP contribution >= 0.6 is 0 Å². The van der Waals surface area contributed by atoms with Gasteiger partial charge in [0, 0.05) is 18.3 Å². The van der Waals surface area contributed by atoms with Crippen LogP contribution in [0.4, 0.5) is 11.6 Å². The fourth-order valence-corrected chi connectivity index (χ4v) is 2.09. The van der Waals surface area contributed by atoms with E-state index in [9.17, 15) is 0 Å². The highest BCUT2D eigenvalue weighted by molar-refractivity contribution is 5.57. The van der Waals surface area contributed by atoms with Crippen LogP contribution in [0.5, 0.6) is 0 Å². The Morgan fingerprint density at radius 2 is 1.80 bits per heavy atom. The van der Waals surface area contributed by atoms with E-state index in [0.29, 0.717) is 6.54 Å². The third-order valence-corrected chi connectivity index (χ3v) is 3.18. The van der Waals surface area contributed by atoms with Gasteiger partial charge in [0.1, 0.15) is 18.0 Å². The van der Waals surface area contributed by atoms with Gasteiger partial charge in [-0.25, -0.2) is 9.97 Å². The largest absolute Gasteiger partial charge is 0.370 e. The molecule has 0 aromatic carbocycles. The lowest BCUT2D eigenvalue weighted by atomic mass is 10.2. The molecule has 106 valence electrons. The van der Waals surface area contributed by atoms with E-state index in [1.165, 1.54) is 5.56 Å². The smallest absolute Gasteiger partial charge is 0.135 e. The Kier molecular flexibility index (Phi) is 4.87. The summed E-state index contributed by atoms with van der Waals surface area (Å²) in [6.07, 6.45) is 4.28. The van der Waals surface area contributed by atoms with E-state index in [4.69, 9.17) is 0 Å². The number of rotatable bonds is 6. The fraction of sp³-hybridized carbons (Fsp3) is 0.400. The zero-order valence-electron chi connectivity index (χ0n) is 12.3. The monoisotopic (exact) mass is 271 g/mol. The molecule has 0 fully saturated rings. The molecule has 2 aromatic heterocycles. The van der Waals surface area contributed by atoms with Crippen LogP contribution in [0.15, 0.2) is 24.7 Å². The first-order chi connectivity index (χ1) is 9.76. The van der Waals surface area contributed by atoms with Gasteiger partial charge in [-0.2, -0.15) is 0 Å². The second-order valence-electron chi connectivity index (χ2n) is 4.55. The summed E-state index contributed by atoms with van der Waals surface area (Å²) in [7, 11) is 0. The fourth-order valence-electron chi connectivity index (χ4n) is 2.09. The quantitative estimate of drug-likeness (QED) is 0.846. The first-order valence-corrected chi connectivity index (χ1v) is 6.98. The van der Waals surface area contributed by atoms with Gasteiger partial charge in [0.15, 0.2) is 0 Å². The first-order valence-electron chi connectivity index (χ1n) is 6.98. The minimum Gasteiger partial charge on any atom is -0.370 e. The number of aryl methyl sites for hydroxylation is 1. The Bertz CT molecular complexity index is 568. The van der Waals surface area contributed by atoms with Crippen LogP contribution in [0.25, 0.3) is 0 Å². The highest BCUT2D eigenvalue weighted by atomic mass is 15.1. The summed E-state index contributed by atoms with van der Waals surface area (Å²) in [6, 6.07) is 4.01. The molecule has 0 spiro atoms. The molecule has 0 aliphatic heterocycles. The third-order valence-electron chi connectivity index (χ3n) is 3.18. The van der Waals surface area contributed by atoms with E-state index in [1.54, 1.807) is 6.33 Å². The number of nitrogens with zero attached hydrogens (tertiary/aromatic N) is 3. The first kappa shape index (κ1) is 14.2. The molecule has 0 aliphatic carbocycles. The van der Waals surface area contributed by atoms with Gasteiger partial charge in [0.05, 0.1) is 12.2 Å². The number of nitrogens with one attached hydrogen (secondary N) is 2. The number of pyridine rings is 1. The molecule has 0 radical (unpaired) electrons. The molecular formula is C15H21N5. The van der Waals surface area contributed by atoms with Crippen LogP contribution in [0.1, 0.15) is 30.7 Å². The van der Waals surface area contributed by atoms with Crippen LogP contribution in [0.3, 0.4) is 0 Å². The average Bonchev–Trinajstić information content (AvgIpc) is 2.47. The molecule has 2 aromatic rings. The number of anilines is 2. The Morgan fingerprint density at radius 3 is 2.45 bits per heavy atom. The maximum absolute atomic E-state index is 4.39. The lowest BCUT2D eigenvalue weighted by Crippen LogP contribution is -2.10. The number of hydrogen-bond donors (Lipinski definition) is 2. The molecule has 0 atom stereocenters. The molecule has 0 bridgehead atoms. The molecule has 2 heterocycles. The van der Waals surface area contributed by atoms with Gasteiger partial charge in [-0.3, -0.25) is 4.98 Å². The van der Waals surface area contributed by atoms with E-state index in [0.717, 1.165) is 35.9 Å². The van der Waals surface area contributed by atoms with E-state index < -0.39 is 0 Å². The van der Waals surface area contributed by atoms with Crippen molar-refractivity contribution in [3.05, 3.63) is 41.5 Å². The van der Waals surface area contributed by atoms with Gasteiger partial charge in [0.2, 0.25) is 0 Å². The van der Waals surface area contributed by atoms with Gasteiger partial charge in [0.25, 0.3) is 0 Å². The predicted molar refractivity (Wildman–Crippen MR) is 81.9 cm³/mol. The van der Waals surface area contributed by atoms with Crippen molar-refractivity contribution in [3.63, 3.8) is 0 Å².